The van der Waals surface area contributed by atoms with Gasteiger partial charge in [0.05, 0.1) is 17.0 Å². The summed E-state index contributed by atoms with van der Waals surface area (Å²) in [6.45, 7) is 6.60. The number of aromatic nitrogens is 2. The molecule has 0 spiro atoms. The summed E-state index contributed by atoms with van der Waals surface area (Å²) in [6.07, 6.45) is -2.89. The molecule has 0 bridgehead atoms. The van der Waals surface area contributed by atoms with Gasteiger partial charge in [0.15, 0.2) is 5.82 Å². The molecule has 7 nitrogen and oxygen atoms in total. The first-order chi connectivity index (χ1) is 16.8. The minimum Gasteiger partial charge on any atom is -0.399 e. The zero-order chi connectivity index (χ0) is 26.4. The number of carbonyl (C=O) groups is 1. The first-order valence-corrected chi connectivity index (χ1v) is 11.9. The number of likely N-dealkylation sites (tertiary alicyclic amines) is 1. The highest BCUT2D eigenvalue weighted by Gasteiger charge is 2.31. The van der Waals surface area contributed by atoms with E-state index in [2.05, 4.69) is 10.4 Å². The summed E-state index contributed by atoms with van der Waals surface area (Å²) in [5.41, 5.74) is 7.12. The predicted molar refractivity (Wildman–Crippen MR) is 134 cm³/mol. The highest BCUT2D eigenvalue weighted by atomic mass is 19.4. The van der Waals surface area contributed by atoms with E-state index in [0.29, 0.717) is 35.2 Å². The number of aryl methyl sites for hydroxylation is 2. The Bertz CT molecular complexity index is 1370. The van der Waals surface area contributed by atoms with Crippen LogP contribution in [0.4, 0.5) is 24.7 Å². The van der Waals surface area contributed by atoms with Crippen molar-refractivity contribution in [2.24, 2.45) is 7.05 Å². The van der Waals surface area contributed by atoms with Crippen LogP contribution in [-0.2, 0) is 18.0 Å². The third kappa shape index (κ3) is 5.03. The number of halogens is 3. The van der Waals surface area contributed by atoms with Crippen LogP contribution >= 0.6 is 0 Å². The molecule has 36 heavy (non-hydrogen) atoms. The molecule has 1 amide bonds. The van der Waals surface area contributed by atoms with Crippen LogP contribution in [0.1, 0.15) is 60.9 Å². The van der Waals surface area contributed by atoms with E-state index >= 15 is 0 Å². The zero-order valence-electron chi connectivity index (χ0n) is 20.7. The van der Waals surface area contributed by atoms with Crippen molar-refractivity contribution in [1.29, 1.82) is 0 Å². The van der Waals surface area contributed by atoms with E-state index in [9.17, 15) is 22.8 Å². The maximum atomic E-state index is 13.3. The number of nitrogens with two attached hydrogens (primary N) is 1. The topological polar surface area (TPSA) is 93.2 Å². The molecule has 4 rings (SSSR count). The fraction of sp³-hybridized carbons (Fsp3) is 0.423. The van der Waals surface area contributed by atoms with E-state index < -0.39 is 17.8 Å². The van der Waals surface area contributed by atoms with Gasteiger partial charge in [0.1, 0.15) is 0 Å². The molecule has 1 fully saturated rings. The first kappa shape index (κ1) is 25.5. The lowest BCUT2D eigenvalue weighted by atomic mass is 9.85. The number of piperidine rings is 1. The number of anilines is 2. The molecule has 0 aliphatic carbocycles. The number of nitrogens with zero attached hydrogens (tertiary/aromatic N) is 3. The maximum Gasteiger partial charge on any atom is 0.416 e. The second-order valence-electron chi connectivity index (χ2n) is 9.56. The molecule has 1 aromatic heterocycles. The van der Waals surface area contributed by atoms with Crippen molar-refractivity contribution in [3.63, 3.8) is 0 Å². The summed E-state index contributed by atoms with van der Waals surface area (Å²) in [4.78, 5) is 26.4. The van der Waals surface area contributed by atoms with Crippen LogP contribution in [0.2, 0.25) is 0 Å². The Morgan fingerprint density at radius 1 is 1.14 bits per heavy atom. The molecule has 1 aliphatic heterocycles. The molecular formula is C26H30F3N5O2. The number of rotatable bonds is 4. The van der Waals surface area contributed by atoms with Crippen molar-refractivity contribution in [3.05, 3.63) is 62.9 Å². The predicted octanol–water partition coefficient (Wildman–Crippen LogP) is 4.74. The number of alkyl halides is 3. The molecule has 192 valence electrons. The molecule has 3 aromatic rings. The molecule has 1 atom stereocenters. The van der Waals surface area contributed by atoms with Crippen molar-refractivity contribution < 1.29 is 18.0 Å². The molecule has 0 saturated carbocycles. The van der Waals surface area contributed by atoms with Crippen LogP contribution in [0.3, 0.4) is 0 Å². The van der Waals surface area contributed by atoms with Gasteiger partial charge in [-0.1, -0.05) is 0 Å². The zero-order valence-corrected chi connectivity index (χ0v) is 20.7. The second-order valence-corrected chi connectivity index (χ2v) is 9.56. The highest BCUT2D eigenvalue weighted by molar-refractivity contribution is 5.92. The number of benzene rings is 2. The largest absolute Gasteiger partial charge is 0.416 e. The number of hydrogen-bond acceptors (Lipinski definition) is 5. The number of hydrogen-bond donors (Lipinski definition) is 2. The number of carbonyl (C=O) groups excluding carboxylic acids is 1. The van der Waals surface area contributed by atoms with E-state index in [0.717, 1.165) is 36.1 Å². The molecule has 0 unspecified atom stereocenters. The third-order valence-corrected chi connectivity index (χ3v) is 6.97. The van der Waals surface area contributed by atoms with Gasteiger partial charge in [-0.25, -0.2) is 4.68 Å². The first-order valence-electron chi connectivity index (χ1n) is 11.9. The Morgan fingerprint density at radius 2 is 1.81 bits per heavy atom. The van der Waals surface area contributed by atoms with Crippen LogP contribution in [0, 0.1) is 6.92 Å². The monoisotopic (exact) mass is 501 g/mol. The Labute approximate surface area is 207 Å². The van der Waals surface area contributed by atoms with Crippen LogP contribution in [-0.4, -0.2) is 33.7 Å². The molecule has 1 saturated heterocycles. The average Bonchev–Trinajstić information content (AvgIpc) is 2.81. The molecule has 3 N–H and O–H groups in total. The van der Waals surface area contributed by atoms with Crippen LogP contribution in [0.15, 0.2) is 35.1 Å². The third-order valence-electron chi connectivity index (χ3n) is 6.97. The van der Waals surface area contributed by atoms with Crippen molar-refractivity contribution in [2.45, 2.75) is 51.7 Å². The maximum absolute atomic E-state index is 13.3. The Balaban J connectivity index is 1.73. The summed E-state index contributed by atoms with van der Waals surface area (Å²) in [6, 6.07) is 6.72. The minimum absolute atomic E-state index is 0.0153. The lowest BCUT2D eigenvalue weighted by molar-refractivity contribution is -0.137. The van der Waals surface area contributed by atoms with E-state index in [1.165, 1.54) is 10.7 Å². The average molecular weight is 502 g/mol. The second kappa shape index (κ2) is 9.48. The standard InChI is InChI=1S/C26H30F3N5O2/c1-14-9-23-22(13-21(14)17-5-7-34(8-6-17)16(3)35)24(32-33(4)25(23)36)31-15(2)18-10-19(26(27,28)29)12-20(30)11-18/h9-13,15,17H,5-8,30H2,1-4H3,(H,31,32)/t15-/m1/s1. The summed E-state index contributed by atoms with van der Waals surface area (Å²) >= 11 is 0. The number of nitrogen functional groups attached to an aromatic ring is 1. The fourth-order valence-electron chi connectivity index (χ4n) is 4.95. The molecule has 2 aromatic carbocycles. The summed E-state index contributed by atoms with van der Waals surface area (Å²) < 4.78 is 41.2. The highest BCUT2D eigenvalue weighted by Crippen LogP contribution is 2.36. The van der Waals surface area contributed by atoms with Gasteiger partial charge in [-0.2, -0.15) is 18.3 Å². The quantitative estimate of drug-likeness (QED) is 0.504. The lowest BCUT2D eigenvalue weighted by Gasteiger charge is -2.32. The molecule has 10 heteroatoms. The van der Waals surface area contributed by atoms with Crippen molar-refractivity contribution >= 4 is 28.2 Å². The van der Waals surface area contributed by atoms with Crippen molar-refractivity contribution in [3.8, 4) is 0 Å². The van der Waals surface area contributed by atoms with Gasteiger partial charge >= 0.3 is 6.18 Å². The van der Waals surface area contributed by atoms with Gasteiger partial charge in [0.25, 0.3) is 5.56 Å². The molecular weight excluding hydrogens is 471 g/mol. The fourth-order valence-corrected chi connectivity index (χ4v) is 4.95. The van der Waals surface area contributed by atoms with Gasteiger partial charge in [-0.05, 0) is 79.6 Å². The van der Waals surface area contributed by atoms with Gasteiger partial charge in [0.2, 0.25) is 5.91 Å². The van der Waals surface area contributed by atoms with Gasteiger partial charge in [0, 0.05) is 38.1 Å². The number of amides is 1. The lowest BCUT2D eigenvalue weighted by Crippen LogP contribution is -2.36. The SMILES string of the molecule is CC(=O)N1CCC(c2cc3c(N[C@H](C)c4cc(N)cc(C(F)(F)F)c4)nn(C)c(=O)c3cc2C)CC1. The van der Waals surface area contributed by atoms with Crippen LogP contribution < -0.4 is 16.6 Å². The molecule has 0 radical (unpaired) electrons. The van der Waals surface area contributed by atoms with E-state index in [1.807, 2.05) is 24.0 Å². The Kier molecular flexibility index (Phi) is 6.72. The minimum atomic E-state index is -4.52. The number of fused-ring (bicyclic) bond motifs is 1. The van der Waals surface area contributed by atoms with Gasteiger partial charge in [-0.3, -0.25) is 9.59 Å². The Hall–Kier alpha value is -3.56. The van der Waals surface area contributed by atoms with Crippen LogP contribution in [0.25, 0.3) is 10.8 Å². The van der Waals surface area contributed by atoms with E-state index in [1.54, 1.807) is 20.9 Å². The molecule has 1 aliphatic rings. The summed E-state index contributed by atoms with van der Waals surface area (Å²) in [7, 11) is 1.54. The molecule has 2 heterocycles. The van der Waals surface area contributed by atoms with Gasteiger partial charge < -0.3 is 16.0 Å². The van der Waals surface area contributed by atoms with Crippen molar-refractivity contribution in [1.82, 2.24) is 14.7 Å². The smallest absolute Gasteiger partial charge is 0.399 e. The van der Waals surface area contributed by atoms with Gasteiger partial charge in [-0.15, -0.1) is 0 Å². The van der Waals surface area contributed by atoms with E-state index in [4.69, 9.17) is 5.73 Å². The van der Waals surface area contributed by atoms with Crippen molar-refractivity contribution in [2.75, 3.05) is 24.1 Å². The van der Waals surface area contributed by atoms with Crippen LogP contribution in [0.5, 0.6) is 0 Å². The Morgan fingerprint density at radius 3 is 2.42 bits per heavy atom. The summed E-state index contributed by atoms with van der Waals surface area (Å²) in [5.74, 6) is 0.688. The summed E-state index contributed by atoms with van der Waals surface area (Å²) in [5, 5.41) is 8.69. The normalized spacial score (nSPS) is 15.8. The number of nitrogens with one attached hydrogen (secondary N) is 1. The van der Waals surface area contributed by atoms with E-state index in [-0.39, 0.29) is 23.1 Å².